The number of imide groups is 1. The van der Waals surface area contributed by atoms with Gasteiger partial charge in [-0.3, -0.25) is 9.59 Å². The van der Waals surface area contributed by atoms with Crippen LogP contribution in [0.15, 0.2) is 41.5 Å². The number of carbonyl (C=O) groups is 2. The fraction of sp³-hybridized carbons (Fsp3) is 0.400. The van der Waals surface area contributed by atoms with E-state index in [0.29, 0.717) is 0 Å². The van der Waals surface area contributed by atoms with Crippen molar-refractivity contribution in [1.29, 1.82) is 0 Å². The molecule has 3 nitrogen and oxygen atoms in total. The number of fused-ring (bicyclic) bond motifs is 5. The van der Waals surface area contributed by atoms with Crippen molar-refractivity contribution < 1.29 is 9.59 Å². The molecule has 0 radical (unpaired) electrons. The molecule has 0 aromatic heterocycles. The zero-order valence-electron chi connectivity index (χ0n) is 14.0. The SMILES string of the molecule is CC(C)=C1[C@H]2C=C[C@@H]1[C@@H]1C(=O)N(c3ccc(C)c(C)c3)C(=O)[C@@H]12. The van der Waals surface area contributed by atoms with Crippen molar-refractivity contribution >= 4 is 17.5 Å². The standard InChI is InChI=1S/C20H21NO2/c1-10(2)16-14-7-8-15(16)18-17(14)19(22)21(20(18)23)13-6-5-11(3)12(4)9-13/h5-9,14-15,17-18H,1-4H3/t14-,15+,17-,18+. The van der Waals surface area contributed by atoms with Crippen LogP contribution in [-0.2, 0) is 9.59 Å². The van der Waals surface area contributed by atoms with E-state index in [-0.39, 0.29) is 35.5 Å². The van der Waals surface area contributed by atoms with Crippen molar-refractivity contribution in [3.05, 3.63) is 52.6 Å². The molecule has 0 unspecified atom stereocenters. The molecule has 4 atom stereocenters. The van der Waals surface area contributed by atoms with Gasteiger partial charge in [0.25, 0.3) is 0 Å². The van der Waals surface area contributed by atoms with Gasteiger partial charge in [-0.1, -0.05) is 29.4 Å². The Kier molecular flexibility index (Phi) is 2.93. The van der Waals surface area contributed by atoms with Crippen molar-refractivity contribution in [3.8, 4) is 0 Å². The van der Waals surface area contributed by atoms with Crippen LogP contribution in [-0.4, -0.2) is 11.8 Å². The quantitative estimate of drug-likeness (QED) is 0.587. The second-order valence-electron chi connectivity index (χ2n) is 7.22. The number of allylic oxidation sites excluding steroid dienone is 4. The lowest BCUT2D eigenvalue weighted by Crippen LogP contribution is -2.33. The van der Waals surface area contributed by atoms with Crippen LogP contribution in [0.2, 0.25) is 0 Å². The van der Waals surface area contributed by atoms with Crippen LogP contribution in [0.5, 0.6) is 0 Å². The van der Waals surface area contributed by atoms with E-state index in [2.05, 4.69) is 26.0 Å². The highest BCUT2D eigenvalue weighted by Crippen LogP contribution is 2.57. The van der Waals surface area contributed by atoms with Crippen molar-refractivity contribution in [2.24, 2.45) is 23.7 Å². The van der Waals surface area contributed by atoms with Gasteiger partial charge in [0.05, 0.1) is 17.5 Å². The molecule has 2 bridgehead atoms. The van der Waals surface area contributed by atoms with Crippen LogP contribution in [0, 0.1) is 37.5 Å². The van der Waals surface area contributed by atoms with Crippen LogP contribution >= 0.6 is 0 Å². The van der Waals surface area contributed by atoms with Crippen molar-refractivity contribution in [2.45, 2.75) is 27.7 Å². The summed E-state index contributed by atoms with van der Waals surface area (Å²) >= 11 is 0. The number of rotatable bonds is 1. The van der Waals surface area contributed by atoms with Gasteiger partial charge in [0.1, 0.15) is 0 Å². The Labute approximate surface area is 136 Å². The minimum absolute atomic E-state index is 0.0288. The highest BCUT2D eigenvalue weighted by atomic mass is 16.2. The summed E-state index contributed by atoms with van der Waals surface area (Å²) in [6.07, 6.45) is 4.26. The molecule has 1 aromatic carbocycles. The van der Waals surface area contributed by atoms with E-state index < -0.39 is 0 Å². The van der Waals surface area contributed by atoms with E-state index in [4.69, 9.17) is 0 Å². The maximum absolute atomic E-state index is 13.0. The summed E-state index contributed by atoms with van der Waals surface area (Å²) in [5.74, 6) is -0.239. The summed E-state index contributed by atoms with van der Waals surface area (Å²) in [6, 6.07) is 5.81. The molecular weight excluding hydrogens is 286 g/mol. The molecule has 2 amide bonds. The molecule has 1 heterocycles. The monoisotopic (exact) mass is 307 g/mol. The third-order valence-corrected chi connectivity index (χ3v) is 5.74. The first-order valence-electron chi connectivity index (χ1n) is 8.22. The highest BCUT2D eigenvalue weighted by molar-refractivity contribution is 6.23. The molecule has 1 saturated heterocycles. The summed E-state index contributed by atoms with van der Waals surface area (Å²) in [7, 11) is 0. The summed E-state index contributed by atoms with van der Waals surface area (Å²) in [5.41, 5.74) is 5.53. The Hall–Kier alpha value is -2.16. The van der Waals surface area contributed by atoms with Gasteiger partial charge in [-0.2, -0.15) is 0 Å². The largest absolute Gasteiger partial charge is 0.274 e. The van der Waals surface area contributed by atoms with Crippen molar-refractivity contribution in [2.75, 3.05) is 4.90 Å². The molecule has 2 fully saturated rings. The first kappa shape index (κ1) is 14.4. The molecule has 4 rings (SSSR count). The van der Waals surface area contributed by atoms with Crippen LogP contribution in [0.4, 0.5) is 5.69 Å². The van der Waals surface area contributed by atoms with Crippen LogP contribution < -0.4 is 4.90 Å². The molecule has 3 heteroatoms. The topological polar surface area (TPSA) is 37.4 Å². The molecule has 1 saturated carbocycles. The number of amides is 2. The lowest BCUT2D eigenvalue weighted by atomic mass is 9.85. The Morgan fingerprint density at radius 3 is 1.96 bits per heavy atom. The number of carbonyl (C=O) groups excluding carboxylic acids is 2. The van der Waals surface area contributed by atoms with Gasteiger partial charge in [-0.15, -0.1) is 0 Å². The van der Waals surface area contributed by atoms with Crippen LogP contribution in [0.25, 0.3) is 0 Å². The van der Waals surface area contributed by atoms with Gasteiger partial charge in [0, 0.05) is 11.8 Å². The maximum atomic E-state index is 13.0. The summed E-state index contributed by atoms with van der Waals surface area (Å²) in [6.45, 7) is 8.21. The highest BCUT2D eigenvalue weighted by Gasteiger charge is 2.61. The smallest absolute Gasteiger partial charge is 0.238 e. The van der Waals surface area contributed by atoms with E-state index in [0.717, 1.165) is 11.3 Å². The third kappa shape index (κ3) is 1.76. The Balaban J connectivity index is 1.77. The minimum atomic E-state index is -0.205. The number of hydrogen-bond donors (Lipinski definition) is 0. The van der Waals surface area contributed by atoms with Gasteiger partial charge in [0.15, 0.2) is 0 Å². The zero-order valence-corrected chi connectivity index (χ0v) is 14.0. The number of hydrogen-bond acceptors (Lipinski definition) is 2. The molecule has 1 aliphatic heterocycles. The first-order valence-corrected chi connectivity index (χ1v) is 8.22. The van der Waals surface area contributed by atoms with Crippen molar-refractivity contribution in [1.82, 2.24) is 0 Å². The van der Waals surface area contributed by atoms with Gasteiger partial charge in [-0.05, 0) is 51.0 Å². The number of nitrogens with zero attached hydrogens (tertiary/aromatic N) is 1. The lowest BCUT2D eigenvalue weighted by Gasteiger charge is -2.20. The van der Waals surface area contributed by atoms with Crippen LogP contribution in [0.1, 0.15) is 25.0 Å². The van der Waals surface area contributed by atoms with Gasteiger partial charge >= 0.3 is 0 Å². The average molecular weight is 307 g/mol. The second kappa shape index (κ2) is 4.67. The van der Waals surface area contributed by atoms with E-state index in [1.54, 1.807) is 0 Å². The molecule has 0 N–H and O–H groups in total. The zero-order chi connectivity index (χ0) is 16.5. The maximum Gasteiger partial charge on any atom is 0.238 e. The summed E-state index contributed by atoms with van der Waals surface area (Å²) < 4.78 is 0. The number of anilines is 1. The van der Waals surface area contributed by atoms with Gasteiger partial charge < -0.3 is 0 Å². The Morgan fingerprint density at radius 2 is 1.48 bits per heavy atom. The molecule has 1 aromatic rings. The van der Waals surface area contributed by atoms with Crippen LogP contribution in [0.3, 0.4) is 0 Å². The Bertz CT molecular complexity index is 764. The van der Waals surface area contributed by atoms with Gasteiger partial charge in [-0.25, -0.2) is 4.90 Å². The number of aryl methyl sites for hydroxylation is 2. The lowest BCUT2D eigenvalue weighted by molar-refractivity contribution is -0.122. The molecular formula is C20H21NO2. The first-order chi connectivity index (χ1) is 10.9. The van der Waals surface area contributed by atoms with Gasteiger partial charge in [0.2, 0.25) is 11.8 Å². The van der Waals surface area contributed by atoms with E-state index in [1.165, 1.54) is 21.6 Å². The van der Waals surface area contributed by atoms with Crippen molar-refractivity contribution in [3.63, 3.8) is 0 Å². The molecule has 118 valence electrons. The molecule has 2 aliphatic carbocycles. The fourth-order valence-corrected chi connectivity index (χ4v) is 4.55. The van der Waals surface area contributed by atoms with E-state index in [1.807, 2.05) is 32.0 Å². The third-order valence-electron chi connectivity index (χ3n) is 5.74. The minimum Gasteiger partial charge on any atom is -0.274 e. The van der Waals surface area contributed by atoms with E-state index in [9.17, 15) is 9.59 Å². The predicted molar refractivity (Wildman–Crippen MR) is 89.9 cm³/mol. The predicted octanol–water partition coefficient (Wildman–Crippen LogP) is 3.56. The second-order valence-corrected chi connectivity index (χ2v) is 7.22. The molecule has 0 spiro atoms. The fourth-order valence-electron chi connectivity index (χ4n) is 4.55. The average Bonchev–Trinajstić information content (AvgIpc) is 3.13. The Morgan fingerprint density at radius 1 is 0.913 bits per heavy atom. The summed E-state index contributed by atoms with van der Waals surface area (Å²) in [5, 5.41) is 0. The molecule has 3 aliphatic rings. The van der Waals surface area contributed by atoms with E-state index >= 15 is 0 Å². The number of benzene rings is 1. The normalized spacial score (nSPS) is 31.3. The summed E-state index contributed by atoms with van der Waals surface area (Å²) in [4.78, 5) is 27.4. The molecule has 23 heavy (non-hydrogen) atoms.